The number of hydrogen-bond donors (Lipinski definition) is 1. The molecule has 0 bridgehead atoms. The summed E-state index contributed by atoms with van der Waals surface area (Å²) in [7, 11) is -3.03. The highest BCUT2D eigenvalue weighted by atomic mass is 31.2. The second-order valence-corrected chi connectivity index (χ2v) is 9.89. The van der Waals surface area contributed by atoms with E-state index >= 15 is 0 Å². The van der Waals surface area contributed by atoms with Crippen molar-refractivity contribution in [2.45, 2.75) is 43.9 Å². The van der Waals surface area contributed by atoms with Gasteiger partial charge in [-0.05, 0) is 18.8 Å². The summed E-state index contributed by atoms with van der Waals surface area (Å²) in [6.45, 7) is 3.96. The molecule has 1 aliphatic carbocycles. The number of aliphatic hydroxyl groups excluding tert-OH is 1. The minimum absolute atomic E-state index is 0.206. The van der Waals surface area contributed by atoms with Gasteiger partial charge in [0.1, 0.15) is 0 Å². The van der Waals surface area contributed by atoms with Gasteiger partial charge in [-0.15, -0.1) is 6.58 Å². The fourth-order valence-electron chi connectivity index (χ4n) is 4.05. The Morgan fingerprint density at radius 3 is 1.84 bits per heavy atom. The van der Waals surface area contributed by atoms with Gasteiger partial charge in [-0.1, -0.05) is 86.0 Å². The molecule has 132 valence electrons. The third-order valence-corrected chi connectivity index (χ3v) is 8.91. The molecule has 1 aliphatic rings. The van der Waals surface area contributed by atoms with Gasteiger partial charge in [-0.25, -0.2) is 0 Å². The number of rotatable bonds is 6. The smallest absolute Gasteiger partial charge is 0.152 e. The van der Waals surface area contributed by atoms with E-state index in [1.165, 1.54) is 6.42 Å². The molecule has 0 unspecified atom stereocenters. The lowest BCUT2D eigenvalue weighted by Crippen LogP contribution is -2.38. The van der Waals surface area contributed by atoms with E-state index in [0.717, 1.165) is 36.3 Å². The lowest BCUT2D eigenvalue weighted by Gasteiger charge is -2.35. The SMILES string of the molecule is C=C[C@@H]([C@@H](O)C1CCCCC1)P(=O)(c1ccccc1)c1ccccc1. The Bertz CT molecular complexity index is 677. The maximum absolute atomic E-state index is 14.4. The van der Waals surface area contributed by atoms with Gasteiger partial charge in [0.2, 0.25) is 0 Å². The lowest BCUT2D eigenvalue weighted by molar-refractivity contribution is 0.0897. The summed E-state index contributed by atoms with van der Waals surface area (Å²) in [4.78, 5) is 0. The minimum atomic E-state index is -3.03. The topological polar surface area (TPSA) is 37.3 Å². The summed E-state index contributed by atoms with van der Waals surface area (Å²) in [6.07, 6.45) is 6.64. The molecule has 0 aliphatic heterocycles. The summed E-state index contributed by atoms with van der Waals surface area (Å²) in [6, 6.07) is 19.2. The number of hydrogen-bond acceptors (Lipinski definition) is 2. The lowest BCUT2D eigenvalue weighted by atomic mass is 9.84. The Balaban J connectivity index is 2.06. The van der Waals surface area contributed by atoms with Crippen molar-refractivity contribution in [2.24, 2.45) is 5.92 Å². The average Bonchev–Trinajstić information content (AvgIpc) is 2.70. The third-order valence-electron chi connectivity index (χ3n) is 5.42. The zero-order valence-corrected chi connectivity index (χ0v) is 15.5. The van der Waals surface area contributed by atoms with Crippen LogP contribution in [0.2, 0.25) is 0 Å². The van der Waals surface area contributed by atoms with E-state index in [4.69, 9.17) is 0 Å². The standard InChI is InChI=1S/C22H27O2P/c1-2-21(22(23)18-12-6-3-7-13-18)25(24,19-14-8-4-9-15-19)20-16-10-5-11-17-20/h2,4-5,8-11,14-18,21-23H,1,3,6-7,12-13H2/t21-,22-/m0/s1. The largest absolute Gasteiger partial charge is 0.392 e. The van der Waals surface area contributed by atoms with Crippen LogP contribution >= 0.6 is 7.14 Å². The van der Waals surface area contributed by atoms with Gasteiger partial charge in [-0.3, -0.25) is 0 Å². The first-order valence-corrected chi connectivity index (χ1v) is 11.0. The molecule has 2 nitrogen and oxygen atoms in total. The first-order valence-electron chi connectivity index (χ1n) is 9.19. The van der Waals surface area contributed by atoms with Crippen molar-refractivity contribution in [1.82, 2.24) is 0 Å². The summed E-state index contributed by atoms with van der Waals surface area (Å²) in [5, 5.41) is 12.7. The Kier molecular flexibility index (Phi) is 5.93. The first kappa shape index (κ1) is 18.2. The molecule has 2 aromatic rings. The molecule has 0 heterocycles. The molecular formula is C22H27O2P. The van der Waals surface area contributed by atoms with Crippen LogP contribution in [-0.2, 0) is 4.57 Å². The van der Waals surface area contributed by atoms with Crippen LogP contribution in [-0.4, -0.2) is 16.9 Å². The molecule has 0 saturated heterocycles. The Morgan fingerprint density at radius 2 is 1.40 bits per heavy atom. The summed E-state index contributed by atoms with van der Waals surface area (Å²) in [5.74, 6) is 0.206. The van der Waals surface area contributed by atoms with Crippen LogP contribution < -0.4 is 10.6 Å². The molecule has 3 heteroatoms. The second-order valence-electron chi connectivity index (χ2n) is 6.94. The zero-order valence-electron chi connectivity index (χ0n) is 14.6. The third kappa shape index (κ3) is 3.66. The van der Waals surface area contributed by atoms with E-state index in [9.17, 15) is 9.67 Å². The van der Waals surface area contributed by atoms with E-state index in [2.05, 4.69) is 6.58 Å². The van der Waals surface area contributed by atoms with Crippen molar-refractivity contribution in [1.29, 1.82) is 0 Å². The van der Waals surface area contributed by atoms with E-state index in [1.54, 1.807) is 6.08 Å². The van der Waals surface area contributed by atoms with Gasteiger partial charge >= 0.3 is 0 Å². The van der Waals surface area contributed by atoms with E-state index in [1.807, 2.05) is 60.7 Å². The van der Waals surface area contributed by atoms with E-state index < -0.39 is 18.9 Å². The fourth-order valence-corrected chi connectivity index (χ4v) is 7.24. The quantitative estimate of drug-likeness (QED) is 0.613. The van der Waals surface area contributed by atoms with E-state index in [0.29, 0.717) is 0 Å². The van der Waals surface area contributed by atoms with Gasteiger partial charge in [0.05, 0.1) is 11.8 Å². The van der Waals surface area contributed by atoms with Crippen LogP contribution in [0.4, 0.5) is 0 Å². The molecule has 0 radical (unpaired) electrons. The molecule has 0 amide bonds. The highest BCUT2D eigenvalue weighted by molar-refractivity contribution is 7.79. The van der Waals surface area contributed by atoms with E-state index in [-0.39, 0.29) is 5.92 Å². The molecule has 3 rings (SSSR count). The molecule has 1 saturated carbocycles. The molecular weight excluding hydrogens is 327 g/mol. The van der Waals surface area contributed by atoms with Crippen LogP contribution in [0, 0.1) is 5.92 Å². The highest BCUT2D eigenvalue weighted by Gasteiger charge is 2.41. The predicted molar refractivity (Wildman–Crippen MR) is 106 cm³/mol. The van der Waals surface area contributed by atoms with Gasteiger partial charge in [0.15, 0.2) is 7.14 Å². The van der Waals surface area contributed by atoms with Crippen molar-refractivity contribution < 1.29 is 9.67 Å². The molecule has 1 N–H and O–H groups in total. The maximum Gasteiger partial charge on any atom is 0.152 e. The summed E-state index contributed by atoms with van der Waals surface area (Å²) < 4.78 is 14.4. The zero-order chi connectivity index (χ0) is 17.7. The highest BCUT2D eigenvalue weighted by Crippen LogP contribution is 2.52. The summed E-state index contributed by atoms with van der Waals surface area (Å²) in [5.41, 5.74) is -0.458. The number of aliphatic hydroxyl groups is 1. The van der Waals surface area contributed by atoms with Crippen LogP contribution in [0.25, 0.3) is 0 Å². The average molecular weight is 354 g/mol. The molecule has 0 spiro atoms. The molecule has 1 fully saturated rings. The number of benzene rings is 2. The van der Waals surface area contributed by atoms with Gasteiger partial charge in [-0.2, -0.15) is 0 Å². The van der Waals surface area contributed by atoms with Crippen LogP contribution in [0.15, 0.2) is 73.3 Å². The summed E-state index contributed by atoms with van der Waals surface area (Å²) >= 11 is 0. The van der Waals surface area contributed by atoms with Gasteiger partial charge in [0, 0.05) is 10.6 Å². The van der Waals surface area contributed by atoms with Gasteiger partial charge < -0.3 is 9.67 Å². The van der Waals surface area contributed by atoms with Crippen molar-refractivity contribution in [3.05, 3.63) is 73.3 Å². The Morgan fingerprint density at radius 1 is 0.920 bits per heavy atom. The molecule has 0 aromatic heterocycles. The Labute approximate surface area is 151 Å². The normalized spacial score (nSPS) is 18.4. The van der Waals surface area contributed by atoms with Crippen molar-refractivity contribution in [3.8, 4) is 0 Å². The second kappa shape index (κ2) is 8.17. The maximum atomic E-state index is 14.4. The molecule has 25 heavy (non-hydrogen) atoms. The molecule has 2 aromatic carbocycles. The van der Waals surface area contributed by atoms with Crippen LogP contribution in [0.3, 0.4) is 0 Å². The first-order chi connectivity index (χ1) is 12.2. The minimum Gasteiger partial charge on any atom is -0.392 e. The monoisotopic (exact) mass is 354 g/mol. The molecule has 2 atom stereocenters. The Hall–Kier alpha value is -1.63. The van der Waals surface area contributed by atoms with Crippen molar-refractivity contribution in [3.63, 3.8) is 0 Å². The van der Waals surface area contributed by atoms with Gasteiger partial charge in [0.25, 0.3) is 0 Å². The van der Waals surface area contributed by atoms with Crippen LogP contribution in [0.5, 0.6) is 0 Å². The fraction of sp³-hybridized carbons (Fsp3) is 0.364. The van der Waals surface area contributed by atoms with Crippen molar-refractivity contribution >= 4 is 17.8 Å². The predicted octanol–water partition coefficient (Wildman–Crippen LogP) is 4.50. The van der Waals surface area contributed by atoms with Crippen molar-refractivity contribution in [2.75, 3.05) is 0 Å². The van der Waals surface area contributed by atoms with Crippen LogP contribution in [0.1, 0.15) is 32.1 Å².